The molecule has 1 N–H and O–H groups in total. The molecule has 1 amide bonds. The molecule has 0 aliphatic carbocycles. The minimum atomic E-state index is -0.711. The van der Waals surface area contributed by atoms with Gasteiger partial charge >= 0.3 is 5.97 Å². The van der Waals surface area contributed by atoms with Crippen molar-refractivity contribution < 1.29 is 19.4 Å². The van der Waals surface area contributed by atoms with Crippen LogP contribution in [-0.2, 0) is 14.3 Å². The number of carbonyl (C=O) groups is 2. The van der Waals surface area contributed by atoms with Crippen LogP contribution in [0.1, 0.15) is 52.4 Å². The fourth-order valence-electron chi connectivity index (χ4n) is 3.39. The summed E-state index contributed by atoms with van der Waals surface area (Å²) in [4.78, 5) is 25.6. The van der Waals surface area contributed by atoms with Gasteiger partial charge in [0, 0.05) is 13.1 Å². The molecular formula is C15H25NO4. The van der Waals surface area contributed by atoms with Crippen molar-refractivity contribution in [2.45, 2.75) is 64.6 Å². The fourth-order valence-corrected chi connectivity index (χ4v) is 3.39. The maximum absolute atomic E-state index is 12.3. The molecule has 5 heteroatoms. The van der Waals surface area contributed by atoms with Crippen LogP contribution in [0.4, 0.5) is 0 Å². The Kier molecular flexibility index (Phi) is 4.68. The topological polar surface area (TPSA) is 66.8 Å². The maximum atomic E-state index is 12.3. The number of amides is 1. The molecule has 2 aliphatic heterocycles. The highest BCUT2D eigenvalue weighted by atomic mass is 16.5. The van der Waals surface area contributed by atoms with Gasteiger partial charge in [-0.15, -0.1) is 0 Å². The average molecular weight is 283 g/mol. The van der Waals surface area contributed by atoms with E-state index in [-0.39, 0.29) is 18.1 Å². The SMILES string of the molecule is CCCC1(C(=O)O)CCN(C(=O)C2CCC(C)O2)CC1. The third-order valence-corrected chi connectivity index (χ3v) is 4.72. The van der Waals surface area contributed by atoms with Crippen molar-refractivity contribution in [3.8, 4) is 0 Å². The summed E-state index contributed by atoms with van der Waals surface area (Å²) in [5.74, 6) is -0.665. The van der Waals surface area contributed by atoms with Gasteiger partial charge in [-0.25, -0.2) is 0 Å². The second kappa shape index (κ2) is 6.12. The number of carboxylic acids is 1. The zero-order chi connectivity index (χ0) is 14.8. The van der Waals surface area contributed by atoms with Crippen molar-refractivity contribution in [1.82, 2.24) is 4.90 Å². The molecule has 0 spiro atoms. The van der Waals surface area contributed by atoms with Crippen molar-refractivity contribution in [2.75, 3.05) is 13.1 Å². The van der Waals surface area contributed by atoms with Gasteiger partial charge in [-0.05, 0) is 39.0 Å². The summed E-state index contributed by atoms with van der Waals surface area (Å²) in [6.07, 6.45) is 4.24. The van der Waals surface area contributed by atoms with E-state index >= 15 is 0 Å². The number of likely N-dealkylation sites (tertiary alicyclic amines) is 1. The highest BCUT2D eigenvalue weighted by molar-refractivity contribution is 5.82. The summed E-state index contributed by atoms with van der Waals surface area (Å²) in [5.41, 5.74) is -0.630. The van der Waals surface area contributed by atoms with Crippen molar-refractivity contribution in [3.05, 3.63) is 0 Å². The Labute approximate surface area is 120 Å². The smallest absolute Gasteiger partial charge is 0.309 e. The van der Waals surface area contributed by atoms with Crippen LogP contribution in [0.5, 0.6) is 0 Å². The van der Waals surface area contributed by atoms with Crippen LogP contribution in [0, 0.1) is 5.41 Å². The van der Waals surface area contributed by atoms with Gasteiger partial charge in [0.1, 0.15) is 6.10 Å². The number of aliphatic carboxylic acids is 1. The lowest BCUT2D eigenvalue weighted by atomic mass is 9.75. The number of hydrogen-bond acceptors (Lipinski definition) is 3. The third-order valence-electron chi connectivity index (χ3n) is 4.72. The molecule has 2 saturated heterocycles. The van der Waals surface area contributed by atoms with Crippen LogP contribution in [0.25, 0.3) is 0 Å². The van der Waals surface area contributed by atoms with E-state index < -0.39 is 11.4 Å². The van der Waals surface area contributed by atoms with Gasteiger partial charge in [0.2, 0.25) is 0 Å². The van der Waals surface area contributed by atoms with Gasteiger partial charge in [0.05, 0.1) is 11.5 Å². The molecule has 0 aromatic heterocycles. The first-order chi connectivity index (χ1) is 9.48. The molecule has 0 aromatic rings. The lowest BCUT2D eigenvalue weighted by Crippen LogP contribution is -2.49. The third kappa shape index (κ3) is 2.97. The number of ether oxygens (including phenoxy) is 1. The Bertz CT molecular complexity index is 374. The van der Waals surface area contributed by atoms with E-state index in [9.17, 15) is 14.7 Å². The first kappa shape index (κ1) is 15.3. The highest BCUT2D eigenvalue weighted by Crippen LogP contribution is 2.37. The predicted molar refractivity (Wildman–Crippen MR) is 74.4 cm³/mol. The van der Waals surface area contributed by atoms with E-state index in [4.69, 9.17) is 4.74 Å². The van der Waals surface area contributed by atoms with Crippen LogP contribution < -0.4 is 0 Å². The van der Waals surface area contributed by atoms with Gasteiger partial charge < -0.3 is 14.7 Å². The number of rotatable bonds is 4. The highest BCUT2D eigenvalue weighted by Gasteiger charge is 2.43. The molecule has 2 aliphatic rings. The second-order valence-electron chi connectivity index (χ2n) is 6.17. The molecule has 2 fully saturated rings. The average Bonchev–Trinajstić information content (AvgIpc) is 2.85. The summed E-state index contributed by atoms with van der Waals surface area (Å²) in [6, 6.07) is 0. The molecule has 5 nitrogen and oxygen atoms in total. The van der Waals surface area contributed by atoms with Crippen molar-refractivity contribution in [3.63, 3.8) is 0 Å². The van der Waals surface area contributed by atoms with Crippen molar-refractivity contribution in [2.24, 2.45) is 5.41 Å². The van der Waals surface area contributed by atoms with Crippen LogP contribution >= 0.6 is 0 Å². The maximum Gasteiger partial charge on any atom is 0.309 e. The summed E-state index contributed by atoms with van der Waals surface area (Å²) in [5, 5.41) is 9.46. The Morgan fingerprint density at radius 2 is 1.95 bits per heavy atom. The molecule has 20 heavy (non-hydrogen) atoms. The first-order valence-corrected chi connectivity index (χ1v) is 7.66. The molecule has 114 valence electrons. The number of piperidine rings is 1. The largest absolute Gasteiger partial charge is 0.481 e. The normalized spacial score (nSPS) is 29.4. The number of carboxylic acid groups (broad SMARTS) is 1. The minimum absolute atomic E-state index is 0.0461. The molecule has 0 aromatic carbocycles. The van der Waals surface area contributed by atoms with E-state index in [0.717, 1.165) is 19.3 Å². The Hall–Kier alpha value is -1.10. The van der Waals surface area contributed by atoms with E-state index in [2.05, 4.69) is 0 Å². The summed E-state index contributed by atoms with van der Waals surface area (Å²) in [6.45, 7) is 5.08. The summed E-state index contributed by atoms with van der Waals surface area (Å²) in [7, 11) is 0. The van der Waals surface area contributed by atoms with Gasteiger partial charge in [-0.1, -0.05) is 13.3 Å². The zero-order valence-electron chi connectivity index (χ0n) is 12.4. The molecule has 2 unspecified atom stereocenters. The number of carbonyl (C=O) groups excluding carboxylic acids is 1. The van der Waals surface area contributed by atoms with Crippen molar-refractivity contribution >= 4 is 11.9 Å². The first-order valence-electron chi connectivity index (χ1n) is 7.66. The molecule has 0 saturated carbocycles. The van der Waals surface area contributed by atoms with Gasteiger partial charge in [-0.2, -0.15) is 0 Å². The molecule has 0 radical (unpaired) electrons. The summed E-state index contributed by atoms with van der Waals surface area (Å²) < 4.78 is 5.62. The van der Waals surface area contributed by atoms with Crippen LogP contribution in [0.15, 0.2) is 0 Å². The quantitative estimate of drug-likeness (QED) is 0.857. The van der Waals surface area contributed by atoms with E-state index in [1.807, 2.05) is 13.8 Å². The monoisotopic (exact) mass is 283 g/mol. The zero-order valence-corrected chi connectivity index (χ0v) is 12.4. The Morgan fingerprint density at radius 1 is 1.30 bits per heavy atom. The second-order valence-corrected chi connectivity index (χ2v) is 6.17. The van der Waals surface area contributed by atoms with Gasteiger partial charge in [-0.3, -0.25) is 9.59 Å². The lowest BCUT2D eigenvalue weighted by molar-refractivity contribution is -0.157. The lowest BCUT2D eigenvalue weighted by Gasteiger charge is -2.39. The predicted octanol–water partition coefficient (Wildman–Crippen LogP) is 2.05. The number of hydrogen-bond donors (Lipinski definition) is 1. The summed E-state index contributed by atoms with van der Waals surface area (Å²) >= 11 is 0. The van der Waals surface area contributed by atoms with Crippen LogP contribution in [-0.4, -0.2) is 47.2 Å². The fraction of sp³-hybridized carbons (Fsp3) is 0.867. The van der Waals surface area contributed by atoms with E-state index in [1.54, 1.807) is 4.90 Å². The van der Waals surface area contributed by atoms with Crippen LogP contribution in [0.3, 0.4) is 0 Å². The van der Waals surface area contributed by atoms with Gasteiger partial charge in [0.15, 0.2) is 0 Å². The Morgan fingerprint density at radius 3 is 2.40 bits per heavy atom. The molecule has 0 bridgehead atoms. The minimum Gasteiger partial charge on any atom is -0.481 e. The molecule has 2 rings (SSSR count). The van der Waals surface area contributed by atoms with E-state index in [0.29, 0.717) is 32.4 Å². The van der Waals surface area contributed by atoms with E-state index in [1.165, 1.54) is 0 Å². The van der Waals surface area contributed by atoms with Crippen LogP contribution in [0.2, 0.25) is 0 Å². The van der Waals surface area contributed by atoms with Crippen molar-refractivity contribution in [1.29, 1.82) is 0 Å². The molecule has 2 atom stereocenters. The number of nitrogens with zero attached hydrogens (tertiary/aromatic N) is 1. The van der Waals surface area contributed by atoms with Gasteiger partial charge in [0.25, 0.3) is 5.91 Å². The Balaban J connectivity index is 1.93. The standard InChI is InChI=1S/C15H25NO4/c1-3-6-15(14(18)19)7-9-16(10-8-15)13(17)12-5-4-11(2)20-12/h11-12H,3-10H2,1-2H3,(H,18,19). The molecular weight excluding hydrogens is 258 g/mol. The molecule has 2 heterocycles.